The Morgan fingerprint density at radius 2 is 1.88 bits per heavy atom. The third-order valence-corrected chi connectivity index (χ3v) is 6.42. The maximum Gasteiger partial charge on any atom is 0.338 e. The Morgan fingerprint density at radius 1 is 1.18 bits per heavy atom. The van der Waals surface area contributed by atoms with Crippen molar-refractivity contribution < 1.29 is 14.3 Å². The quantitative estimate of drug-likeness (QED) is 0.527. The van der Waals surface area contributed by atoms with Crippen LogP contribution in [0.15, 0.2) is 65.1 Å². The molecule has 9 heteroatoms. The molecule has 2 aromatic carbocycles. The van der Waals surface area contributed by atoms with E-state index in [4.69, 9.17) is 40.1 Å². The smallest absolute Gasteiger partial charge is 0.338 e. The summed E-state index contributed by atoms with van der Waals surface area (Å²) < 4.78 is 5.38. The van der Waals surface area contributed by atoms with Gasteiger partial charge in [0.1, 0.15) is 23.9 Å². The van der Waals surface area contributed by atoms with Crippen LogP contribution in [0, 0.1) is 23.7 Å². The molecule has 2 aromatic rings. The summed E-state index contributed by atoms with van der Waals surface area (Å²) in [4.78, 5) is 30.0. The summed E-state index contributed by atoms with van der Waals surface area (Å²) >= 11 is 12.4. The summed E-state index contributed by atoms with van der Waals surface area (Å²) in [6.45, 7) is -0.189. The van der Waals surface area contributed by atoms with Gasteiger partial charge in [-0.25, -0.2) is 4.79 Å². The molecule has 2 N–H and O–H groups in total. The summed E-state index contributed by atoms with van der Waals surface area (Å²) in [6, 6.07) is 13.7. The van der Waals surface area contributed by atoms with E-state index in [9.17, 15) is 14.9 Å². The number of anilines is 2. The molecule has 33 heavy (non-hydrogen) atoms. The van der Waals surface area contributed by atoms with Crippen LogP contribution < -0.4 is 15.5 Å². The number of esters is 1. The number of carbonyl (C=O) groups is 2. The highest BCUT2D eigenvalue weighted by Gasteiger charge is 2.63. The second-order valence-electron chi connectivity index (χ2n) is 7.60. The standard InChI is InChI=1S/C24H14Cl2N4O3/c1-2-7-29-18-6-4-3-5-16(18)24(23(29)32)17(11-27)21(28)30(19-12-33-22(31)20(19)24)15-9-13(25)8-14(26)10-15/h1,3-6,8-10H,7,12,28H2/t24-/m0/s1. The number of rotatable bonds is 2. The Hall–Kier alpha value is -3.91. The van der Waals surface area contributed by atoms with Gasteiger partial charge in [-0.2, -0.15) is 5.26 Å². The lowest BCUT2D eigenvalue weighted by molar-refractivity contribution is -0.137. The first-order valence-corrected chi connectivity index (χ1v) is 10.5. The molecule has 0 radical (unpaired) electrons. The second kappa shape index (κ2) is 7.31. The van der Waals surface area contributed by atoms with Gasteiger partial charge in [-0.1, -0.05) is 47.3 Å². The number of fused-ring (bicyclic) bond motifs is 3. The van der Waals surface area contributed by atoms with Gasteiger partial charge < -0.3 is 10.5 Å². The summed E-state index contributed by atoms with van der Waals surface area (Å²) in [5.74, 6) is 1.19. The molecule has 0 saturated heterocycles. The van der Waals surface area contributed by atoms with Crippen molar-refractivity contribution in [3.63, 3.8) is 0 Å². The third-order valence-electron chi connectivity index (χ3n) is 5.98. The zero-order chi connectivity index (χ0) is 23.5. The minimum Gasteiger partial charge on any atom is -0.456 e. The predicted octanol–water partition coefficient (Wildman–Crippen LogP) is 3.24. The molecule has 0 aliphatic carbocycles. The Labute approximate surface area is 199 Å². The summed E-state index contributed by atoms with van der Waals surface area (Å²) in [5.41, 5.74) is 6.41. The van der Waals surface area contributed by atoms with Gasteiger partial charge in [0.2, 0.25) is 5.91 Å². The van der Waals surface area contributed by atoms with E-state index in [-0.39, 0.29) is 30.1 Å². The highest BCUT2D eigenvalue weighted by Crippen LogP contribution is 2.56. The minimum atomic E-state index is -1.77. The molecule has 0 saturated carbocycles. The fourth-order valence-electron chi connectivity index (χ4n) is 4.81. The highest BCUT2D eigenvalue weighted by molar-refractivity contribution is 6.35. The van der Waals surface area contributed by atoms with Crippen molar-refractivity contribution in [2.45, 2.75) is 5.41 Å². The maximum atomic E-state index is 14.0. The summed E-state index contributed by atoms with van der Waals surface area (Å²) in [6.07, 6.45) is 5.52. The van der Waals surface area contributed by atoms with Crippen LogP contribution >= 0.6 is 23.2 Å². The minimum absolute atomic E-state index is 0.0290. The van der Waals surface area contributed by atoms with Crippen LogP contribution in [0.5, 0.6) is 0 Å². The van der Waals surface area contributed by atoms with E-state index in [0.29, 0.717) is 32.7 Å². The van der Waals surface area contributed by atoms with Gasteiger partial charge in [-0.15, -0.1) is 6.42 Å². The largest absolute Gasteiger partial charge is 0.456 e. The Bertz CT molecular complexity index is 1400. The van der Waals surface area contributed by atoms with E-state index in [1.54, 1.807) is 42.5 Å². The number of ether oxygens (including phenoxy) is 1. The lowest BCUT2D eigenvalue weighted by Crippen LogP contribution is -2.50. The zero-order valence-electron chi connectivity index (χ0n) is 16.9. The normalized spacial score (nSPS) is 21.2. The molecule has 7 nitrogen and oxygen atoms in total. The molecular weight excluding hydrogens is 463 g/mol. The van der Waals surface area contributed by atoms with Crippen LogP contribution in [0.1, 0.15) is 5.56 Å². The molecule has 3 aliphatic rings. The number of cyclic esters (lactones) is 1. The topological polar surface area (TPSA) is 99.7 Å². The molecule has 1 spiro atoms. The molecule has 3 aliphatic heterocycles. The van der Waals surface area contributed by atoms with Gasteiger partial charge in [-0.05, 0) is 24.3 Å². The Balaban J connectivity index is 1.87. The van der Waals surface area contributed by atoms with Crippen LogP contribution in [0.4, 0.5) is 11.4 Å². The first kappa shape index (κ1) is 21.0. The van der Waals surface area contributed by atoms with Crippen molar-refractivity contribution in [3.8, 4) is 18.4 Å². The van der Waals surface area contributed by atoms with Crippen LogP contribution in [-0.4, -0.2) is 25.0 Å². The van der Waals surface area contributed by atoms with Gasteiger partial charge in [-0.3, -0.25) is 14.6 Å². The number of hydrogen-bond donors (Lipinski definition) is 1. The average Bonchev–Trinajstić information content (AvgIpc) is 3.26. The van der Waals surface area contributed by atoms with Crippen LogP contribution in [0.3, 0.4) is 0 Å². The zero-order valence-corrected chi connectivity index (χ0v) is 18.4. The Morgan fingerprint density at radius 3 is 2.55 bits per heavy atom. The molecule has 0 aromatic heterocycles. The van der Waals surface area contributed by atoms with E-state index in [0.717, 1.165) is 0 Å². The van der Waals surface area contributed by atoms with Crippen LogP contribution in [0.25, 0.3) is 0 Å². The monoisotopic (exact) mass is 476 g/mol. The van der Waals surface area contributed by atoms with Gasteiger partial charge in [0.05, 0.1) is 29.1 Å². The number of nitriles is 1. The van der Waals surface area contributed by atoms with Crippen molar-refractivity contribution in [1.29, 1.82) is 5.26 Å². The summed E-state index contributed by atoms with van der Waals surface area (Å²) in [5, 5.41) is 10.9. The molecule has 0 bridgehead atoms. The first-order chi connectivity index (χ1) is 15.9. The molecule has 0 fully saturated rings. The second-order valence-corrected chi connectivity index (χ2v) is 8.47. The number of carbonyl (C=O) groups excluding carboxylic acids is 2. The van der Waals surface area contributed by atoms with Gasteiger partial charge in [0, 0.05) is 21.3 Å². The van der Waals surface area contributed by atoms with Gasteiger partial charge in [0.15, 0.2) is 0 Å². The van der Waals surface area contributed by atoms with Gasteiger partial charge >= 0.3 is 5.97 Å². The van der Waals surface area contributed by atoms with E-state index in [1.165, 1.54) is 9.80 Å². The molecule has 0 unspecified atom stereocenters. The number of para-hydroxylation sites is 1. The number of amides is 1. The SMILES string of the molecule is C#CCN1C(=O)[C@]2(C(C#N)=C(N)N(c3cc(Cl)cc(Cl)c3)C3=C2C(=O)OC3)c2ccccc21. The Kier molecular flexibility index (Phi) is 4.65. The molecule has 5 rings (SSSR count). The predicted molar refractivity (Wildman–Crippen MR) is 123 cm³/mol. The summed E-state index contributed by atoms with van der Waals surface area (Å²) in [7, 11) is 0. The fourth-order valence-corrected chi connectivity index (χ4v) is 5.32. The number of halogens is 2. The van der Waals surface area contributed by atoms with E-state index < -0.39 is 17.3 Å². The van der Waals surface area contributed by atoms with Crippen molar-refractivity contribution in [1.82, 2.24) is 0 Å². The number of terminal acetylenes is 1. The molecule has 1 atom stereocenters. The maximum absolute atomic E-state index is 14.0. The molecule has 162 valence electrons. The first-order valence-electron chi connectivity index (χ1n) is 9.78. The lowest BCUT2D eigenvalue weighted by atomic mass is 9.67. The number of benzene rings is 2. The van der Waals surface area contributed by atoms with Crippen molar-refractivity contribution >= 4 is 46.5 Å². The van der Waals surface area contributed by atoms with Crippen molar-refractivity contribution in [3.05, 3.63) is 80.7 Å². The molecule has 1 amide bonds. The number of nitrogens with zero attached hydrogens (tertiary/aromatic N) is 3. The third kappa shape index (κ3) is 2.64. The van der Waals surface area contributed by atoms with E-state index in [2.05, 4.69) is 12.0 Å². The van der Waals surface area contributed by atoms with Crippen LogP contribution in [0.2, 0.25) is 10.0 Å². The average molecular weight is 477 g/mol. The molecule has 3 heterocycles. The van der Waals surface area contributed by atoms with Crippen molar-refractivity contribution in [2.24, 2.45) is 5.73 Å². The molecular formula is C24H14Cl2N4O3. The lowest BCUT2D eigenvalue weighted by Gasteiger charge is -2.38. The fraction of sp³-hybridized carbons (Fsp3) is 0.125. The number of hydrogen-bond acceptors (Lipinski definition) is 6. The van der Waals surface area contributed by atoms with Crippen molar-refractivity contribution in [2.75, 3.05) is 23.0 Å². The number of nitrogens with two attached hydrogens (primary N) is 1. The van der Waals surface area contributed by atoms with Crippen LogP contribution in [-0.2, 0) is 19.7 Å². The van der Waals surface area contributed by atoms with Gasteiger partial charge in [0.25, 0.3) is 0 Å². The van der Waals surface area contributed by atoms with E-state index in [1.807, 2.05) is 0 Å². The van der Waals surface area contributed by atoms with E-state index >= 15 is 0 Å². The highest BCUT2D eigenvalue weighted by atomic mass is 35.5.